The largest absolute Gasteiger partial charge is 0.325 e. The predicted octanol–water partition coefficient (Wildman–Crippen LogP) is 5.64. The van der Waals surface area contributed by atoms with Crippen LogP contribution in [0, 0.1) is 0 Å². The first-order valence-electron chi connectivity index (χ1n) is 9.33. The molecule has 8 heteroatoms. The number of thiophene rings is 1. The second-order valence-electron chi connectivity index (χ2n) is 6.48. The second kappa shape index (κ2) is 9.16. The van der Waals surface area contributed by atoms with Crippen LogP contribution in [0.5, 0.6) is 0 Å². The molecule has 0 radical (unpaired) electrons. The highest BCUT2D eigenvalue weighted by molar-refractivity contribution is 9.10. The quantitative estimate of drug-likeness (QED) is 0.275. The number of nitrogens with one attached hydrogen (secondary N) is 1. The number of aromatic nitrogens is 2. The van der Waals surface area contributed by atoms with Gasteiger partial charge in [-0.3, -0.25) is 14.2 Å². The average molecular weight is 500 g/mol. The standard InChI is InChI=1S/C22H18BrN3O2S2/c1-2-26-21(28)20-17(12-18(30-20)14-6-4-3-5-7-14)25-22(26)29-13-19(27)24-16-10-8-15(23)9-11-16/h3-12H,2,13H2,1H3,(H,24,27). The maximum absolute atomic E-state index is 13.0. The number of carbonyl (C=O) groups excluding carboxylic acids is 1. The molecule has 1 amide bonds. The summed E-state index contributed by atoms with van der Waals surface area (Å²) in [6.07, 6.45) is 0. The molecule has 2 aromatic heterocycles. The highest BCUT2D eigenvalue weighted by Gasteiger charge is 2.15. The van der Waals surface area contributed by atoms with Crippen molar-refractivity contribution in [3.05, 3.63) is 75.5 Å². The van der Waals surface area contributed by atoms with E-state index in [1.54, 1.807) is 4.57 Å². The normalized spacial score (nSPS) is 11.0. The van der Waals surface area contributed by atoms with Gasteiger partial charge in [-0.2, -0.15) is 0 Å². The van der Waals surface area contributed by atoms with Crippen LogP contribution in [0.15, 0.2) is 75.1 Å². The molecule has 0 aliphatic rings. The Morgan fingerprint density at radius 1 is 1.17 bits per heavy atom. The van der Waals surface area contributed by atoms with Gasteiger partial charge >= 0.3 is 0 Å². The molecule has 2 heterocycles. The van der Waals surface area contributed by atoms with Crippen molar-refractivity contribution in [3.63, 3.8) is 0 Å². The predicted molar refractivity (Wildman–Crippen MR) is 128 cm³/mol. The Morgan fingerprint density at radius 3 is 2.60 bits per heavy atom. The van der Waals surface area contributed by atoms with E-state index in [2.05, 4.69) is 21.2 Å². The van der Waals surface area contributed by atoms with Crippen LogP contribution in [-0.4, -0.2) is 21.2 Å². The molecule has 30 heavy (non-hydrogen) atoms. The summed E-state index contributed by atoms with van der Waals surface area (Å²) in [6.45, 7) is 2.41. The van der Waals surface area contributed by atoms with Crippen LogP contribution >= 0.6 is 39.0 Å². The molecule has 0 spiro atoms. The molecule has 0 atom stereocenters. The molecule has 0 aliphatic carbocycles. The minimum atomic E-state index is -0.144. The van der Waals surface area contributed by atoms with Gasteiger partial charge in [0.15, 0.2) is 5.16 Å². The van der Waals surface area contributed by atoms with Crippen molar-refractivity contribution in [3.8, 4) is 10.4 Å². The van der Waals surface area contributed by atoms with Gasteiger partial charge in [-0.05, 0) is 42.8 Å². The van der Waals surface area contributed by atoms with Crippen LogP contribution in [0.25, 0.3) is 20.7 Å². The van der Waals surface area contributed by atoms with Crippen molar-refractivity contribution < 1.29 is 4.79 Å². The summed E-state index contributed by atoms with van der Waals surface area (Å²) < 4.78 is 3.22. The van der Waals surface area contributed by atoms with Crippen LogP contribution in [-0.2, 0) is 11.3 Å². The highest BCUT2D eigenvalue weighted by atomic mass is 79.9. The molecule has 0 unspecified atom stereocenters. The summed E-state index contributed by atoms with van der Waals surface area (Å²) in [6, 6.07) is 19.3. The van der Waals surface area contributed by atoms with Crippen molar-refractivity contribution in [1.29, 1.82) is 0 Å². The van der Waals surface area contributed by atoms with Gasteiger partial charge < -0.3 is 5.32 Å². The number of anilines is 1. The lowest BCUT2D eigenvalue weighted by molar-refractivity contribution is -0.113. The number of halogens is 1. The van der Waals surface area contributed by atoms with Crippen LogP contribution in [0.1, 0.15) is 6.92 Å². The zero-order valence-electron chi connectivity index (χ0n) is 16.1. The number of amides is 1. The third kappa shape index (κ3) is 4.50. The van der Waals surface area contributed by atoms with E-state index in [1.807, 2.05) is 67.6 Å². The molecule has 2 aromatic carbocycles. The smallest absolute Gasteiger partial charge is 0.272 e. The first-order valence-corrected chi connectivity index (χ1v) is 11.9. The third-order valence-electron chi connectivity index (χ3n) is 4.43. The molecular weight excluding hydrogens is 482 g/mol. The van der Waals surface area contributed by atoms with Crippen molar-refractivity contribution >= 4 is 60.8 Å². The zero-order chi connectivity index (χ0) is 21.1. The lowest BCUT2D eigenvalue weighted by Gasteiger charge is -2.10. The van der Waals surface area contributed by atoms with Gasteiger partial charge in [-0.15, -0.1) is 11.3 Å². The van der Waals surface area contributed by atoms with Crippen molar-refractivity contribution in [2.24, 2.45) is 0 Å². The van der Waals surface area contributed by atoms with Crippen LogP contribution in [0.2, 0.25) is 0 Å². The Bertz CT molecular complexity index is 1250. The van der Waals surface area contributed by atoms with E-state index in [-0.39, 0.29) is 17.2 Å². The second-order valence-corrected chi connectivity index (χ2v) is 9.39. The number of rotatable bonds is 6. The minimum absolute atomic E-state index is 0.0644. The molecule has 4 rings (SSSR count). The highest BCUT2D eigenvalue weighted by Crippen LogP contribution is 2.32. The molecule has 0 fully saturated rings. The van der Waals surface area contributed by atoms with Gasteiger partial charge in [0, 0.05) is 21.6 Å². The number of carbonyl (C=O) groups is 1. The fourth-order valence-corrected chi connectivity index (χ4v) is 5.16. The summed E-state index contributed by atoms with van der Waals surface area (Å²) in [7, 11) is 0. The van der Waals surface area contributed by atoms with Gasteiger partial charge in [0.2, 0.25) is 5.91 Å². The number of benzene rings is 2. The van der Waals surface area contributed by atoms with Crippen LogP contribution < -0.4 is 10.9 Å². The summed E-state index contributed by atoms with van der Waals surface area (Å²) in [5, 5.41) is 3.41. The Kier molecular flexibility index (Phi) is 6.36. The van der Waals surface area contributed by atoms with Crippen molar-refractivity contribution in [2.45, 2.75) is 18.6 Å². The summed E-state index contributed by atoms with van der Waals surface area (Å²) in [5.41, 5.74) is 2.39. The van der Waals surface area contributed by atoms with E-state index in [4.69, 9.17) is 4.98 Å². The zero-order valence-corrected chi connectivity index (χ0v) is 19.3. The Morgan fingerprint density at radius 2 is 1.90 bits per heavy atom. The molecular formula is C22H18BrN3O2S2. The van der Waals surface area contributed by atoms with E-state index in [0.29, 0.717) is 21.9 Å². The van der Waals surface area contributed by atoms with Gasteiger partial charge in [0.05, 0.1) is 11.3 Å². The van der Waals surface area contributed by atoms with Gasteiger partial charge in [-0.1, -0.05) is 58.0 Å². The van der Waals surface area contributed by atoms with Crippen LogP contribution in [0.4, 0.5) is 5.69 Å². The lowest BCUT2D eigenvalue weighted by atomic mass is 10.2. The number of hydrogen-bond acceptors (Lipinski definition) is 5. The molecule has 1 N–H and O–H groups in total. The molecule has 0 saturated heterocycles. The van der Waals surface area contributed by atoms with Gasteiger partial charge in [0.1, 0.15) is 4.70 Å². The molecule has 4 aromatic rings. The lowest BCUT2D eigenvalue weighted by Crippen LogP contribution is -2.22. The minimum Gasteiger partial charge on any atom is -0.325 e. The number of hydrogen-bond donors (Lipinski definition) is 1. The van der Waals surface area contributed by atoms with E-state index in [1.165, 1.54) is 23.1 Å². The van der Waals surface area contributed by atoms with Gasteiger partial charge in [-0.25, -0.2) is 4.98 Å². The fourth-order valence-electron chi connectivity index (χ4n) is 2.98. The summed E-state index contributed by atoms with van der Waals surface area (Å²) in [5.74, 6) is 0.0265. The van der Waals surface area contributed by atoms with Gasteiger partial charge in [0.25, 0.3) is 5.56 Å². The third-order valence-corrected chi connectivity index (χ3v) is 7.10. The van der Waals surface area contributed by atoms with Crippen molar-refractivity contribution in [1.82, 2.24) is 9.55 Å². The molecule has 0 aliphatic heterocycles. The van der Waals surface area contributed by atoms with Crippen LogP contribution in [0.3, 0.4) is 0 Å². The topological polar surface area (TPSA) is 64.0 Å². The maximum atomic E-state index is 13.0. The monoisotopic (exact) mass is 499 g/mol. The Balaban J connectivity index is 1.58. The fraction of sp³-hybridized carbons (Fsp3) is 0.136. The Hall–Kier alpha value is -2.42. The SMILES string of the molecule is CCn1c(SCC(=O)Nc2ccc(Br)cc2)nc2cc(-c3ccccc3)sc2c1=O. The van der Waals surface area contributed by atoms with E-state index >= 15 is 0 Å². The number of thioether (sulfide) groups is 1. The average Bonchev–Trinajstić information content (AvgIpc) is 3.19. The maximum Gasteiger partial charge on any atom is 0.272 e. The molecule has 152 valence electrons. The summed E-state index contributed by atoms with van der Waals surface area (Å²) in [4.78, 5) is 31.1. The van der Waals surface area contributed by atoms with E-state index in [9.17, 15) is 9.59 Å². The van der Waals surface area contributed by atoms with Crippen molar-refractivity contribution in [2.75, 3.05) is 11.1 Å². The number of nitrogens with zero attached hydrogens (tertiary/aromatic N) is 2. The summed E-state index contributed by atoms with van der Waals surface area (Å²) >= 11 is 6.10. The first kappa shape index (κ1) is 20.8. The molecule has 5 nitrogen and oxygen atoms in total. The Labute approximate surface area is 190 Å². The van der Waals surface area contributed by atoms with E-state index < -0.39 is 0 Å². The first-order chi connectivity index (χ1) is 14.5. The van der Waals surface area contributed by atoms with E-state index in [0.717, 1.165) is 20.6 Å². The number of fused-ring (bicyclic) bond motifs is 1. The molecule has 0 saturated carbocycles. The molecule has 0 bridgehead atoms.